The van der Waals surface area contributed by atoms with Crippen molar-refractivity contribution in [3.05, 3.63) is 57.8 Å². The summed E-state index contributed by atoms with van der Waals surface area (Å²) in [5.41, 5.74) is 6.62. The highest BCUT2D eigenvalue weighted by molar-refractivity contribution is 6.42. The number of benzene rings is 2. The van der Waals surface area contributed by atoms with Crippen LogP contribution < -0.4 is 10.5 Å². The highest BCUT2D eigenvalue weighted by atomic mass is 35.5. The van der Waals surface area contributed by atoms with Crippen LogP contribution >= 0.6 is 23.2 Å². The van der Waals surface area contributed by atoms with Crippen molar-refractivity contribution in [3.8, 4) is 5.75 Å². The highest BCUT2D eigenvalue weighted by Crippen LogP contribution is 2.28. The third kappa shape index (κ3) is 2.86. The van der Waals surface area contributed by atoms with Crippen molar-refractivity contribution in [3.63, 3.8) is 0 Å². The first-order valence-electron chi connectivity index (χ1n) is 5.18. The Hall–Kier alpha value is -1.45. The second-order valence-corrected chi connectivity index (χ2v) is 4.47. The molecule has 0 amide bonds. The number of ether oxygens (including phenoxy) is 1. The first-order chi connectivity index (χ1) is 8.58. The largest absolute Gasteiger partial charge is 0.487 e. The van der Waals surface area contributed by atoms with E-state index in [9.17, 15) is 4.39 Å². The van der Waals surface area contributed by atoms with Crippen molar-refractivity contribution in [2.75, 3.05) is 5.73 Å². The van der Waals surface area contributed by atoms with Crippen LogP contribution in [-0.4, -0.2) is 0 Å². The molecule has 0 aliphatic heterocycles. The summed E-state index contributed by atoms with van der Waals surface area (Å²) in [7, 11) is 0. The number of hydrogen-bond acceptors (Lipinski definition) is 2. The summed E-state index contributed by atoms with van der Waals surface area (Å²) in [4.78, 5) is 0. The van der Waals surface area contributed by atoms with E-state index in [2.05, 4.69) is 0 Å². The van der Waals surface area contributed by atoms with E-state index in [1.165, 1.54) is 18.2 Å². The van der Waals surface area contributed by atoms with Gasteiger partial charge in [-0.05, 0) is 18.2 Å². The lowest BCUT2D eigenvalue weighted by molar-refractivity contribution is 0.307. The van der Waals surface area contributed by atoms with Gasteiger partial charge in [0.1, 0.15) is 18.2 Å². The Morgan fingerprint density at radius 3 is 2.67 bits per heavy atom. The minimum atomic E-state index is -0.402. The molecule has 0 atom stereocenters. The molecule has 0 aliphatic carbocycles. The third-order valence-corrected chi connectivity index (χ3v) is 3.24. The van der Waals surface area contributed by atoms with E-state index in [0.717, 1.165) is 5.56 Å². The summed E-state index contributed by atoms with van der Waals surface area (Å²) in [6.45, 7) is 0.217. The molecule has 0 aliphatic rings. The molecule has 2 rings (SSSR count). The molecule has 0 saturated carbocycles. The average Bonchev–Trinajstić information content (AvgIpc) is 2.33. The Morgan fingerprint density at radius 1 is 1.17 bits per heavy atom. The topological polar surface area (TPSA) is 35.2 Å². The normalized spacial score (nSPS) is 10.4. The molecule has 18 heavy (non-hydrogen) atoms. The molecule has 0 aromatic heterocycles. The van der Waals surface area contributed by atoms with E-state index in [0.29, 0.717) is 15.8 Å². The molecule has 0 radical (unpaired) electrons. The van der Waals surface area contributed by atoms with Crippen LogP contribution in [-0.2, 0) is 6.61 Å². The predicted octanol–water partition coefficient (Wildman–Crippen LogP) is 4.29. The van der Waals surface area contributed by atoms with E-state index >= 15 is 0 Å². The molecule has 2 N–H and O–H groups in total. The van der Waals surface area contributed by atoms with Gasteiger partial charge < -0.3 is 10.5 Å². The molecular formula is C13H10Cl2FNO. The van der Waals surface area contributed by atoms with Gasteiger partial charge in [-0.2, -0.15) is 0 Å². The highest BCUT2D eigenvalue weighted by Gasteiger charge is 2.07. The number of halogens is 3. The molecular weight excluding hydrogens is 276 g/mol. The van der Waals surface area contributed by atoms with E-state index in [1.54, 1.807) is 18.2 Å². The molecule has 0 spiro atoms. The maximum Gasteiger partial charge on any atom is 0.142 e. The Kier molecular flexibility index (Phi) is 3.94. The summed E-state index contributed by atoms with van der Waals surface area (Å²) in [5.74, 6) is 0.00748. The lowest BCUT2D eigenvalue weighted by Gasteiger charge is -2.10. The van der Waals surface area contributed by atoms with Crippen LogP contribution in [0.2, 0.25) is 10.0 Å². The fourth-order valence-corrected chi connectivity index (χ4v) is 1.84. The Balaban J connectivity index is 2.14. The molecule has 5 heteroatoms. The van der Waals surface area contributed by atoms with Gasteiger partial charge in [-0.3, -0.25) is 0 Å². The molecule has 0 bridgehead atoms. The van der Waals surface area contributed by atoms with Crippen molar-refractivity contribution in [1.29, 1.82) is 0 Å². The second kappa shape index (κ2) is 5.46. The second-order valence-electron chi connectivity index (χ2n) is 3.68. The predicted molar refractivity (Wildman–Crippen MR) is 71.6 cm³/mol. The van der Waals surface area contributed by atoms with Crippen molar-refractivity contribution in [1.82, 2.24) is 0 Å². The van der Waals surface area contributed by atoms with Gasteiger partial charge in [0.15, 0.2) is 0 Å². The summed E-state index contributed by atoms with van der Waals surface area (Å²) < 4.78 is 18.3. The fourth-order valence-electron chi connectivity index (χ4n) is 1.47. The molecule has 2 aromatic carbocycles. The van der Waals surface area contributed by atoms with Gasteiger partial charge >= 0.3 is 0 Å². The van der Waals surface area contributed by atoms with Crippen molar-refractivity contribution >= 4 is 28.9 Å². The number of hydrogen-bond donors (Lipinski definition) is 1. The fraction of sp³-hybridized carbons (Fsp3) is 0.0769. The lowest BCUT2D eigenvalue weighted by atomic mass is 10.2. The molecule has 2 aromatic rings. The maximum atomic E-state index is 12.9. The molecule has 0 fully saturated rings. The first-order valence-corrected chi connectivity index (χ1v) is 5.94. The smallest absolute Gasteiger partial charge is 0.142 e. The standard InChI is InChI=1S/C13H10Cl2FNO/c14-10-3-1-2-8(13(10)15)7-18-12-5-4-9(16)6-11(12)17/h1-6H,7,17H2. The quantitative estimate of drug-likeness (QED) is 0.854. The van der Waals surface area contributed by atoms with Gasteiger partial charge in [0.2, 0.25) is 0 Å². The zero-order valence-corrected chi connectivity index (χ0v) is 10.8. The molecule has 0 saturated heterocycles. The van der Waals surface area contributed by atoms with E-state index in [4.69, 9.17) is 33.7 Å². The van der Waals surface area contributed by atoms with E-state index in [1.807, 2.05) is 0 Å². The number of nitrogens with two attached hydrogens (primary N) is 1. The first kappa shape index (κ1) is 13.0. The van der Waals surface area contributed by atoms with Gasteiger partial charge in [0, 0.05) is 11.6 Å². The van der Waals surface area contributed by atoms with Crippen LogP contribution in [0.3, 0.4) is 0 Å². The zero-order chi connectivity index (χ0) is 13.1. The summed E-state index contributed by atoms with van der Waals surface area (Å²) in [6, 6.07) is 9.23. The maximum absolute atomic E-state index is 12.9. The van der Waals surface area contributed by atoms with Gasteiger partial charge in [-0.15, -0.1) is 0 Å². The number of anilines is 1. The van der Waals surface area contributed by atoms with Crippen LogP contribution in [0.4, 0.5) is 10.1 Å². The summed E-state index contributed by atoms with van der Waals surface area (Å²) >= 11 is 11.9. The SMILES string of the molecule is Nc1cc(F)ccc1OCc1cccc(Cl)c1Cl. The minimum absolute atomic E-state index is 0.217. The number of nitrogen functional groups attached to an aromatic ring is 1. The Bertz CT molecular complexity index is 575. The summed E-state index contributed by atoms with van der Waals surface area (Å²) in [6.07, 6.45) is 0. The number of rotatable bonds is 3. The van der Waals surface area contributed by atoms with Crippen LogP contribution in [0, 0.1) is 5.82 Å². The monoisotopic (exact) mass is 285 g/mol. The van der Waals surface area contributed by atoms with Crippen molar-refractivity contribution in [2.45, 2.75) is 6.61 Å². The van der Waals surface area contributed by atoms with Crippen molar-refractivity contribution < 1.29 is 9.13 Å². The lowest BCUT2D eigenvalue weighted by Crippen LogP contribution is -2.00. The van der Waals surface area contributed by atoms with E-state index in [-0.39, 0.29) is 12.3 Å². The van der Waals surface area contributed by atoms with Crippen molar-refractivity contribution in [2.24, 2.45) is 0 Å². The van der Waals surface area contributed by atoms with Gasteiger partial charge in [0.25, 0.3) is 0 Å². The van der Waals surface area contributed by atoms with Crippen LogP contribution in [0.25, 0.3) is 0 Å². The molecule has 94 valence electrons. The van der Waals surface area contributed by atoms with Crippen LogP contribution in [0.5, 0.6) is 5.75 Å². The van der Waals surface area contributed by atoms with Crippen LogP contribution in [0.15, 0.2) is 36.4 Å². The molecule has 0 unspecified atom stereocenters. The third-order valence-electron chi connectivity index (χ3n) is 2.39. The van der Waals surface area contributed by atoms with Gasteiger partial charge in [0.05, 0.1) is 15.7 Å². The van der Waals surface area contributed by atoms with E-state index < -0.39 is 5.82 Å². The Labute approximate surface area is 114 Å². The minimum Gasteiger partial charge on any atom is -0.487 e. The molecule has 0 heterocycles. The summed E-state index contributed by atoms with van der Waals surface area (Å²) in [5, 5.41) is 0.907. The van der Waals surface area contributed by atoms with Gasteiger partial charge in [-0.1, -0.05) is 35.3 Å². The van der Waals surface area contributed by atoms with Crippen LogP contribution in [0.1, 0.15) is 5.56 Å². The Morgan fingerprint density at radius 2 is 1.94 bits per heavy atom. The molecule has 2 nitrogen and oxygen atoms in total. The zero-order valence-electron chi connectivity index (χ0n) is 9.29. The average molecular weight is 286 g/mol. The van der Waals surface area contributed by atoms with Gasteiger partial charge in [-0.25, -0.2) is 4.39 Å².